The highest BCUT2D eigenvalue weighted by Crippen LogP contribution is 2.12. The van der Waals surface area contributed by atoms with Crippen molar-refractivity contribution in [2.24, 2.45) is 0 Å². The molecule has 0 atom stereocenters. The molecule has 0 bridgehead atoms. The summed E-state index contributed by atoms with van der Waals surface area (Å²) in [6.45, 7) is 7.64. The fraction of sp³-hybridized carbons (Fsp3) is 0.200. The number of hydrogen-bond donors (Lipinski definition) is 1. The number of rotatable bonds is 1. The summed E-state index contributed by atoms with van der Waals surface area (Å²) >= 11 is 4.21. The van der Waals surface area contributed by atoms with E-state index in [9.17, 15) is 0 Å². The third-order valence-corrected chi connectivity index (χ3v) is 1.56. The standard InChI is InChI=1S/C8H8S.C2H6.HI/c1-2-7-5-3-4-6-8(7)9;1-2;/h2-6,9H,1H2;1-2H3;1H. The van der Waals surface area contributed by atoms with Crippen LogP contribution in [0.25, 0.3) is 6.08 Å². The lowest BCUT2D eigenvalue weighted by Crippen LogP contribution is -1.71. The van der Waals surface area contributed by atoms with Crippen LogP contribution in [0.15, 0.2) is 35.7 Å². The Balaban J connectivity index is 0. The lowest BCUT2D eigenvalue weighted by molar-refractivity contribution is 1.44. The van der Waals surface area contributed by atoms with Gasteiger partial charge in [0.05, 0.1) is 0 Å². The topological polar surface area (TPSA) is 0 Å². The summed E-state index contributed by atoms with van der Waals surface area (Å²) < 4.78 is 0. The van der Waals surface area contributed by atoms with Gasteiger partial charge < -0.3 is 0 Å². The SMILES string of the molecule is C=Cc1ccccc1S.CC.I. The van der Waals surface area contributed by atoms with E-state index < -0.39 is 0 Å². The van der Waals surface area contributed by atoms with Crippen LogP contribution < -0.4 is 0 Å². The van der Waals surface area contributed by atoms with Gasteiger partial charge >= 0.3 is 0 Å². The van der Waals surface area contributed by atoms with Crippen LogP contribution >= 0.6 is 36.6 Å². The summed E-state index contributed by atoms with van der Waals surface area (Å²) in [7, 11) is 0. The van der Waals surface area contributed by atoms with Crippen LogP contribution in [0, 0.1) is 0 Å². The molecule has 1 rings (SSSR count). The highest BCUT2D eigenvalue weighted by atomic mass is 127. The highest BCUT2D eigenvalue weighted by Gasteiger charge is 1.87. The fourth-order valence-corrected chi connectivity index (χ4v) is 0.912. The van der Waals surface area contributed by atoms with Crippen molar-refractivity contribution in [2.75, 3.05) is 0 Å². The van der Waals surface area contributed by atoms with Crippen molar-refractivity contribution in [2.45, 2.75) is 18.7 Å². The van der Waals surface area contributed by atoms with E-state index in [2.05, 4.69) is 19.2 Å². The largest absolute Gasteiger partial charge is 0.143 e. The zero-order chi connectivity index (χ0) is 8.69. The van der Waals surface area contributed by atoms with Crippen LogP contribution in [-0.2, 0) is 0 Å². The summed E-state index contributed by atoms with van der Waals surface area (Å²) in [4.78, 5) is 0.979. The van der Waals surface area contributed by atoms with Gasteiger partial charge in [-0.05, 0) is 11.6 Å². The third-order valence-electron chi connectivity index (χ3n) is 1.16. The Morgan fingerprint density at radius 1 is 1.25 bits per heavy atom. The van der Waals surface area contributed by atoms with E-state index in [0.29, 0.717) is 0 Å². The predicted octanol–water partition coefficient (Wildman–Crippen LogP) is 4.26. The van der Waals surface area contributed by atoms with Crippen molar-refractivity contribution < 1.29 is 0 Å². The Kier molecular flexibility index (Phi) is 11.1. The summed E-state index contributed by atoms with van der Waals surface area (Å²) in [5.41, 5.74) is 1.08. The maximum Gasteiger partial charge on any atom is 0.0112 e. The van der Waals surface area contributed by atoms with Crippen LogP contribution in [0.3, 0.4) is 0 Å². The molecule has 0 unspecified atom stereocenters. The van der Waals surface area contributed by atoms with Crippen molar-refractivity contribution in [1.29, 1.82) is 0 Å². The van der Waals surface area contributed by atoms with Gasteiger partial charge in [-0.3, -0.25) is 0 Å². The van der Waals surface area contributed by atoms with Crippen molar-refractivity contribution in [3.63, 3.8) is 0 Å². The van der Waals surface area contributed by atoms with Crippen molar-refractivity contribution >= 4 is 42.7 Å². The molecular weight excluding hydrogens is 279 g/mol. The first-order valence-electron chi connectivity index (χ1n) is 3.75. The Morgan fingerprint density at radius 2 is 1.75 bits per heavy atom. The molecule has 0 aromatic heterocycles. The molecule has 68 valence electrons. The summed E-state index contributed by atoms with van der Waals surface area (Å²) in [5.74, 6) is 0. The molecule has 12 heavy (non-hydrogen) atoms. The smallest absolute Gasteiger partial charge is 0.0112 e. The second-order valence-corrected chi connectivity index (χ2v) is 2.24. The minimum Gasteiger partial charge on any atom is -0.143 e. The van der Waals surface area contributed by atoms with Crippen molar-refractivity contribution in [3.8, 4) is 0 Å². The maximum atomic E-state index is 4.21. The molecule has 0 aliphatic rings. The molecule has 1 aromatic carbocycles. The van der Waals surface area contributed by atoms with E-state index in [1.165, 1.54) is 0 Å². The van der Waals surface area contributed by atoms with Crippen molar-refractivity contribution in [1.82, 2.24) is 0 Å². The first kappa shape index (κ1) is 14.6. The van der Waals surface area contributed by atoms with E-state index in [1.807, 2.05) is 38.1 Å². The maximum absolute atomic E-state index is 4.21. The molecule has 1 aromatic rings. The van der Waals surface area contributed by atoms with Gasteiger partial charge in [-0.1, -0.05) is 44.7 Å². The summed E-state index contributed by atoms with van der Waals surface area (Å²) in [6.07, 6.45) is 1.79. The predicted molar refractivity (Wildman–Crippen MR) is 70.5 cm³/mol. The summed E-state index contributed by atoms with van der Waals surface area (Å²) in [6, 6.07) is 7.85. The fourth-order valence-electron chi connectivity index (χ4n) is 0.660. The molecule has 0 fully saturated rings. The molecule has 0 radical (unpaired) electrons. The van der Waals surface area contributed by atoms with Gasteiger partial charge in [0.25, 0.3) is 0 Å². The van der Waals surface area contributed by atoms with Crippen LogP contribution in [0.1, 0.15) is 19.4 Å². The lowest BCUT2D eigenvalue weighted by atomic mass is 10.2. The van der Waals surface area contributed by atoms with E-state index in [-0.39, 0.29) is 24.0 Å². The van der Waals surface area contributed by atoms with E-state index in [4.69, 9.17) is 0 Å². The molecule has 0 aliphatic carbocycles. The van der Waals surface area contributed by atoms with Crippen LogP contribution in [0.2, 0.25) is 0 Å². The Labute approximate surface area is 97.5 Å². The molecule has 0 nitrogen and oxygen atoms in total. The Bertz CT molecular complexity index is 221. The minimum atomic E-state index is 0. The minimum absolute atomic E-state index is 0. The molecule has 0 N–H and O–H groups in total. The van der Waals surface area contributed by atoms with Gasteiger partial charge in [0, 0.05) is 4.90 Å². The van der Waals surface area contributed by atoms with Crippen LogP contribution in [0.5, 0.6) is 0 Å². The Morgan fingerprint density at radius 3 is 2.08 bits per heavy atom. The average Bonchev–Trinajstić information content (AvgIpc) is 2.09. The zero-order valence-electron chi connectivity index (χ0n) is 7.45. The van der Waals surface area contributed by atoms with E-state index >= 15 is 0 Å². The second-order valence-electron chi connectivity index (χ2n) is 1.76. The quantitative estimate of drug-likeness (QED) is 0.580. The van der Waals surface area contributed by atoms with Gasteiger partial charge in [0.1, 0.15) is 0 Å². The normalized spacial score (nSPS) is 7.25. The van der Waals surface area contributed by atoms with Gasteiger partial charge in [0.2, 0.25) is 0 Å². The van der Waals surface area contributed by atoms with E-state index in [1.54, 1.807) is 6.08 Å². The average molecular weight is 294 g/mol. The monoisotopic (exact) mass is 294 g/mol. The molecule has 0 amide bonds. The molecular formula is C10H15IS. The highest BCUT2D eigenvalue weighted by molar-refractivity contribution is 14.0. The van der Waals surface area contributed by atoms with Crippen LogP contribution in [0.4, 0.5) is 0 Å². The van der Waals surface area contributed by atoms with Crippen molar-refractivity contribution in [3.05, 3.63) is 36.4 Å². The first-order valence-corrected chi connectivity index (χ1v) is 4.20. The molecule has 0 aliphatic heterocycles. The first-order chi connectivity index (χ1) is 5.34. The molecule has 0 heterocycles. The Hall–Kier alpha value is 0.0400. The van der Waals surface area contributed by atoms with Crippen LogP contribution in [-0.4, -0.2) is 0 Å². The molecule has 0 spiro atoms. The zero-order valence-corrected chi connectivity index (χ0v) is 10.7. The second kappa shape index (κ2) is 9.13. The van der Waals surface area contributed by atoms with Gasteiger partial charge in [-0.2, -0.15) is 0 Å². The van der Waals surface area contributed by atoms with Gasteiger partial charge in [-0.15, -0.1) is 36.6 Å². The lowest BCUT2D eigenvalue weighted by Gasteiger charge is -1.94. The molecule has 0 saturated carbocycles. The summed E-state index contributed by atoms with van der Waals surface area (Å²) in [5, 5.41) is 0. The number of thiol groups is 1. The number of benzene rings is 1. The molecule has 0 saturated heterocycles. The number of halogens is 1. The van der Waals surface area contributed by atoms with Gasteiger partial charge in [0.15, 0.2) is 0 Å². The van der Waals surface area contributed by atoms with Gasteiger partial charge in [-0.25, -0.2) is 0 Å². The number of hydrogen-bond acceptors (Lipinski definition) is 1. The third kappa shape index (κ3) is 4.83. The van der Waals surface area contributed by atoms with E-state index in [0.717, 1.165) is 10.5 Å². The molecule has 2 heteroatoms.